The van der Waals surface area contributed by atoms with Gasteiger partial charge in [0.15, 0.2) is 0 Å². The van der Waals surface area contributed by atoms with Crippen LogP contribution in [0.3, 0.4) is 0 Å². The van der Waals surface area contributed by atoms with Crippen molar-refractivity contribution >= 4 is 23.5 Å². The lowest BCUT2D eigenvalue weighted by molar-refractivity contribution is -0.385. The van der Waals surface area contributed by atoms with Gasteiger partial charge in [-0.1, -0.05) is 12.1 Å². The number of esters is 1. The summed E-state index contributed by atoms with van der Waals surface area (Å²) in [7, 11) is 0. The molecule has 2 aromatic carbocycles. The molecule has 22 heavy (non-hydrogen) atoms. The lowest BCUT2D eigenvalue weighted by atomic mass is 10.0. The second-order valence-electron chi connectivity index (χ2n) is 4.55. The molecule has 7 heteroatoms. The van der Waals surface area contributed by atoms with Gasteiger partial charge in [-0.05, 0) is 29.8 Å². The Labute approximate surface area is 122 Å². The molecule has 0 aromatic heterocycles. The molecule has 0 unspecified atom stereocenters. The molecule has 0 atom stereocenters. The molecule has 0 radical (unpaired) electrons. The predicted octanol–water partition coefficient (Wildman–Crippen LogP) is 3.54. The fourth-order valence-corrected chi connectivity index (χ4v) is 2.17. The standard InChI is InChI=1S/C15H7F2NO4/c16-9-3-1-8(2-4-9)5-13-14-11(15(19)22-13)6-10(17)7-12(14)18(20)21/h1-7H/b13-5-. The summed E-state index contributed by atoms with van der Waals surface area (Å²) in [6, 6.07) is 6.84. The molecule has 2 aromatic rings. The maximum Gasteiger partial charge on any atom is 0.344 e. The summed E-state index contributed by atoms with van der Waals surface area (Å²) >= 11 is 0. The van der Waals surface area contributed by atoms with E-state index in [1.165, 1.54) is 30.3 Å². The molecule has 0 spiro atoms. The molecular formula is C15H7F2NO4. The first-order valence-electron chi connectivity index (χ1n) is 6.13. The fraction of sp³-hybridized carbons (Fsp3) is 0. The van der Waals surface area contributed by atoms with Crippen LogP contribution in [0.25, 0.3) is 11.8 Å². The molecule has 0 aliphatic carbocycles. The number of carbonyl (C=O) groups is 1. The van der Waals surface area contributed by atoms with Gasteiger partial charge in [-0.25, -0.2) is 13.6 Å². The summed E-state index contributed by atoms with van der Waals surface area (Å²) in [5.41, 5.74) is -0.370. The molecule has 110 valence electrons. The van der Waals surface area contributed by atoms with Gasteiger partial charge in [0, 0.05) is 0 Å². The van der Waals surface area contributed by atoms with Crippen LogP contribution >= 0.6 is 0 Å². The lowest BCUT2D eigenvalue weighted by Gasteiger charge is -2.01. The van der Waals surface area contributed by atoms with Gasteiger partial charge in [-0.2, -0.15) is 0 Å². The van der Waals surface area contributed by atoms with Gasteiger partial charge in [0.25, 0.3) is 5.69 Å². The van der Waals surface area contributed by atoms with Crippen LogP contribution in [0.4, 0.5) is 14.5 Å². The molecule has 3 rings (SSSR count). The van der Waals surface area contributed by atoms with E-state index in [0.29, 0.717) is 5.56 Å². The average molecular weight is 303 g/mol. The van der Waals surface area contributed by atoms with Gasteiger partial charge < -0.3 is 4.74 Å². The second-order valence-corrected chi connectivity index (χ2v) is 4.55. The van der Waals surface area contributed by atoms with E-state index in [9.17, 15) is 23.7 Å². The lowest BCUT2D eigenvalue weighted by Crippen LogP contribution is -1.98. The third-order valence-corrected chi connectivity index (χ3v) is 3.12. The molecule has 0 fully saturated rings. The smallest absolute Gasteiger partial charge is 0.344 e. The molecular weight excluding hydrogens is 296 g/mol. The van der Waals surface area contributed by atoms with Crippen molar-refractivity contribution in [3.8, 4) is 0 Å². The van der Waals surface area contributed by atoms with E-state index in [4.69, 9.17) is 4.74 Å². The van der Waals surface area contributed by atoms with Gasteiger partial charge in [-0.3, -0.25) is 10.1 Å². The minimum atomic E-state index is -0.898. The van der Waals surface area contributed by atoms with Gasteiger partial charge in [0.05, 0.1) is 16.6 Å². The van der Waals surface area contributed by atoms with Crippen LogP contribution < -0.4 is 0 Å². The van der Waals surface area contributed by atoms with E-state index in [0.717, 1.165) is 12.1 Å². The molecule has 1 heterocycles. The zero-order valence-corrected chi connectivity index (χ0v) is 10.9. The fourth-order valence-electron chi connectivity index (χ4n) is 2.17. The maximum absolute atomic E-state index is 13.4. The molecule has 5 nitrogen and oxygen atoms in total. The van der Waals surface area contributed by atoms with E-state index in [1.807, 2.05) is 0 Å². The zero-order chi connectivity index (χ0) is 15.9. The highest BCUT2D eigenvalue weighted by molar-refractivity contribution is 6.07. The Morgan fingerprint density at radius 1 is 1.09 bits per heavy atom. The molecule has 0 amide bonds. The normalized spacial score (nSPS) is 14.8. The number of hydrogen-bond acceptors (Lipinski definition) is 4. The molecule has 1 aliphatic rings. The van der Waals surface area contributed by atoms with Crippen molar-refractivity contribution in [2.75, 3.05) is 0 Å². The number of benzene rings is 2. The quantitative estimate of drug-likeness (QED) is 0.483. The van der Waals surface area contributed by atoms with E-state index >= 15 is 0 Å². The summed E-state index contributed by atoms with van der Waals surface area (Å²) in [5.74, 6) is -2.28. The number of nitro benzene ring substituents is 1. The Morgan fingerprint density at radius 3 is 2.41 bits per heavy atom. The zero-order valence-electron chi connectivity index (χ0n) is 10.9. The van der Waals surface area contributed by atoms with E-state index < -0.39 is 28.2 Å². The van der Waals surface area contributed by atoms with Crippen LogP contribution in [0, 0.1) is 21.7 Å². The Hall–Kier alpha value is -3.09. The minimum absolute atomic E-state index is 0.0710. The molecule has 0 N–H and O–H groups in total. The second kappa shape index (κ2) is 5.03. The predicted molar refractivity (Wildman–Crippen MR) is 72.7 cm³/mol. The Morgan fingerprint density at radius 2 is 1.77 bits per heavy atom. The van der Waals surface area contributed by atoms with Crippen LogP contribution in [-0.2, 0) is 4.74 Å². The third kappa shape index (κ3) is 2.32. The number of fused-ring (bicyclic) bond motifs is 1. The summed E-state index contributed by atoms with van der Waals surface area (Å²) in [6.07, 6.45) is 1.36. The summed E-state index contributed by atoms with van der Waals surface area (Å²) in [6.45, 7) is 0. The van der Waals surface area contributed by atoms with E-state index in [2.05, 4.69) is 0 Å². The van der Waals surface area contributed by atoms with Gasteiger partial charge >= 0.3 is 5.97 Å². The molecule has 0 saturated heterocycles. The number of ether oxygens (including phenoxy) is 1. The Bertz CT molecular complexity index is 828. The Balaban J connectivity index is 2.18. The number of nitro groups is 1. The van der Waals surface area contributed by atoms with Gasteiger partial charge in [0.2, 0.25) is 0 Å². The highest BCUT2D eigenvalue weighted by atomic mass is 19.1. The van der Waals surface area contributed by atoms with Crippen LogP contribution in [-0.4, -0.2) is 10.9 Å². The van der Waals surface area contributed by atoms with Crippen molar-refractivity contribution in [2.24, 2.45) is 0 Å². The van der Waals surface area contributed by atoms with Crippen molar-refractivity contribution in [3.05, 3.63) is 74.8 Å². The van der Waals surface area contributed by atoms with Crippen molar-refractivity contribution in [3.63, 3.8) is 0 Å². The SMILES string of the molecule is O=C1O/C(=C\c2ccc(F)cc2)c2c1cc(F)cc2[N+](=O)[O-]. The van der Waals surface area contributed by atoms with Crippen LogP contribution in [0.15, 0.2) is 36.4 Å². The number of halogens is 2. The first kappa shape index (κ1) is 13.9. The van der Waals surface area contributed by atoms with E-state index in [1.54, 1.807) is 0 Å². The number of cyclic esters (lactones) is 1. The van der Waals surface area contributed by atoms with E-state index in [-0.39, 0.29) is 16.9 Å². The topological polar surface area (TPSA) is 69.4 Å². The number of nitrogens with zero attached hydrogens (tertiary/aromatic N) is 1. The summed E-state index contributed by atoms with van der Waals surface area (Å²) in [5, 5.41) is 11.1. The molecule has 0 saturated carbocycles. The highest BCUT2D eigenvalue weighted by Crippen LogP contribution is 2.38. The number of hydrogen-bond donors (Lipinski definition) is 0. The van der Waals surface area contributed by atoms with Gasteiger partial charge in [0.1, 0.15) is 23.0 Å². The largest absolute Gasteiger partial charge is 0.422 e. The van der Waals surface area contributed by atoms with Crippen LogP contribution in [0.1, 0.15) is 21.5 Å². The summed E-state index contributed by atoms with van der Waals surface area (Å²) < 4.78 is 31.2. The first-order chi connectivity index (χ1) is 10.5. The number of carbonyl (C=O) groups excluding carboxylic acids is 1. The van der Waals surface area contributed by atoms with Gasteiger partial charge in [-0.15, -0.1) is 0 Å². The minimum Gasteiger partial charge on any atom is -0.422 e. The van der Waals surface area contributed by atoms with Crippen molar-refractivity contribution in [1.82, 2.24) is 0 Å². The van der Waals surface area contributed by atoms with Crippen molar-refractivity contribution in [2.45, 2.75) is 0 Å². The van der Waals surface area contributed by atoms with Crippen LogP contribution in [0.5, 0.6) is 0 Å². The monoisotopic (exact) mass is 303 g/mol. The molecule has 1 aliphatic heterocycles. The third-order valence-electron chi connectivity index (χ3n) is 3.12. The van der Waals surface area contributed by atoms with Crippen molar-refractivity contribution in [1.29, 1.82) is 0 Å². The first-order valence-corrected chi connectivity index (χ1v) is 6.13. The summed E-state index contributed by atoms with van der Waals surface area (Å²) in [4.78, 5) is 22.0. The highest BCUT2D eigenvalue weighted by Gasteiger charge is 2.35. The number of rotatable bonds is 2. The molecule has 0 bridgehead atoms. The van der Waals surface area contributed by atoms with Crippen LogP contribution in [0.2, 0.25) is 0 Å². The average Bonchev–Trinajstić information content (AvgIpc) is 2.77. The van der Waals surface area contributed by atoms with Crippen molar-refractivity contribution < 1.29 is 23.2 Å². The maximum atomic E-state index is 13.4. The Kier molecular flexibility index (Phi) is 3.17.